The van der Waals surface area contributed by atoms with Crippen LogP contribution in [0.4, 0.5) is 0 Å². The molecule has 0 saturated heterocycles. The molecule has 1 heterocycles. The Labute approximate surface area is 125 Å². The monoisotopic (exact) mass is 310 g/mol. The Bertz CT molecular complexity index is 599. The largest absolute Gasteiger partial charge is 0.497 e. The standard InChI is InChI=1S/C13H14N2O5S/c1-8(12(16)17)21-13-15-14-11(20-13)7-19-10-5-3-9(18-2)4-6-10/h3-6,8H,7H2,1-2H3,(H,16,17). The van der Waals surface area contributed by atoms with Crippen molar-refractivity contribution in [3.8, 4) is 11.5 Å². The van der Waals surface area contributed by atoms with E-state index in [9.17, 15) is 4.79 Å². The molecule has 0 aliphatic heterocycles. The number of aromatic nitrogens is 2. The van der Waals surface area contributed by atoms with Crippen LogP contribution in [0.1, 0.15) is 12.8 Å². The van der Waals surface area contributed by atoms with E-state index in [1.165, 1.54) is 0 Å². The average molecular weight is 310 g/mol. The Kier molecular flexibility index (Phi) is 5.04. The second-order valence-corrected chi connectivity index (χ2v) is 5.32. The molecule has 2 aromatic rings. The van der Waals surface area contributed by atoms with Gasteiger partial charge in [0.25, 0.3) is 11.1 Å². The van der Waals surface area contributed by atoms with Crippen LogP contribution in [0.5, 0.6) is 11.5 Å². The molecule has 0 radical (unpaired) electrons. The lowest BCUT2D eigenvalue weighted by molar-refractivity contribution is -0.136. The predicted octanol–water partition coefficient (Wildman–Crippen LogP) is 2.22. The topological polar surface area (TPSA) is 94.7 Å². The average Bonchev–Trinajstić information content (AvgIpc) is 2.93. The molecule has 0 saturated carbocycles. The molecule has 2 rings (SSSR count). The third-order valence-electron chi connectivity index (χ3n) is 2.50. The molecule has 1 aromatic carbocycles. The van der Waals surface area contributed by atoms with E-state index in [0.29, 0.717) is 5.75 Å². The van der Waals surface area contributed by atoms with Crippen LogP contribution < -0.4 is 9.47 Å². The van der Waals surface area contributed by atoms with Crippen LogP contribution in [0.2, 0.25) is 0 Å². The van der Waals surface area contributed by atoms with Crippen LogP contribution in [0.25, 0.3) is 0 Å². The summed E-state index contributed by atoms with van der Waals surface area (Å²) >= 11 is 0.987. The van der Waals surface area contributed by atoms with Crippen LogP contribution in [-0.2, 0) is 11.4 Å². The molecule has 8 heteroatoms. The highest BCUT2D eigenvalue weighted by Gasteiger charge is 2.17. The maximum Gasteiger partial charge on any atom is 0.316 e. The summed E-state index contributed by atoms with van der Waals surface area (Å²) in [7, 11) is 1.59. The molecular formula is C13H14N2O5S. The highest BCUT2D eigenvalue weighted by atomic mass is 32.2. The number of carboxylic acid groups (broad SMARTS) is 1. The van der Waals surface area contributed by atoms with Crippen molar-refractivity contribution >= 4 is 17.7 Å². The first kappa shape index (κ1) is 15.2. The Morgan fingerprint density at radius 1 is 1.33 bits per heavy atom. The minimum Gasteiger partial charge on any atom is -0.497 e. The van der Waals surface area contributed by atoms with Crippen molar-refractivity contribution in [3.63, 3.8) is 0 Å². The van der Waals surface area contributed by atoms with Gasteiger partial charge in [-0.15, -0.1) is 10.2 Å². The summed E-state index contributed by atoms with van der Waals surface area (Å²) < 4.78 is 15.8. The van der Waals surface area contributed by atoms with Crippen molar-refractivity contribution in [1.82, 2.24) is 10.2 Å². The van der Waals surface area contributed by atoms with Gasteiger partial charge in [-0.25, -0.2) is 0 Å². The molecule has 0 bridgehead atoms. The Balaban J connectivity index is 1.88. The SMILES string of the molecule is COc1ccc(OCc2nnc(SC(C)C(=O)O)o2)cc1. The third-order valence-corrected chi connectivity index (χ3v) is 3.42. The first-order valence-electron chi connectivity index (χ1n) is 6.07. The zero-order valence-electron chi connectivity index (χ0n) is 11.5. The molecule has 1 N–H and O–H groups in total. The molecule has 0 spiro atoms. The maximum absolute atomic E-state index is 10.7. The van der Waals surface area contributed by atoms with Crippen LogP contribution in [0.3, 0.4) is 0 Å². The first-order valence-corrected chi connectivity index (χ1v) is 6.95. The van der Waals surface area contributed by atoms with Crippen molar-refractivity contribution in [2.75, 3.05) is 7.11 Å². The summed E-state index contributed by atoms with van der Waals surface area (Å²) in [4.78, 5) is 10.7. The van der Waals surface area contributed by atoms with E-state index in [-0.39, 0.29) is 17.7 Å². The van der Waals surface area contributed by atoms with E-state index in [4.69, 9.17) is 19.0 Å². The number of thioether (sulfide) groups is 1. The summed E-state index contributed by atoms with van der Waals surface area (Å²) in [6.45, 7) is 1.66. The molecule has 112 valence electrons. The van der Waals surface area contributed by atoms with E-state index in [1.807, 2.05) is 0 Å². The molecular weight excluding hydrogens is 296 g/mol. The summed E-state index contributed by atoms with van der Waals surface area (Å²) in [5.74, 6) is 0.726. The van der Waals surface area contributed by atoms with Crippen molar-refractivity contribution in [2.24, 2.45) is 0 Å². The number of hydrogen-bond acceptors (Lipinski definition) is 7. The number of benzene rings is 1. The fourth-order valence-electron chi connectivity index (χ4n) is 1.36. The zero-order valence-corrected chi connectivity index (χ0v) is 12.3. The van der Waals surface area contributed by atoms with Crippen molar-refractivity contribution in [3.05, 3.63) is 30.2 Å². The van der Waals surface area contributed by atoms with Gasteiger partial charge < -0.3 is 19.0 Å². The normalized spacial score (nSPS) is 11.9. The van der Waals surface area contributed by atoms with Crippen LogP contribution in [0, 0.1) is 0 Å². The van der Waals surface area contributed by atoms with Gasteiger partial charge in [-0.2, -0.15) is 0 Å². The molecule has 0 aliphatic rings. The van der Waals surface area contributed by atoms with Gasteiger partial charge in [0.1, 0.15) is 16.7 Å². The molecule has 7 nitrogen and oxygen atoms in total. The van der Waals surface area contributed by atoms with Crippen LogP contribution >= 0.6 is 11.8 Å². The smallest absolute Gasteiger partial charge is 0.316 e. The van der Waals surface area contributed by atoms with Crippen molar-refractivity contribution in [1.29, 1.82) is 0 Å². The van der Waals surface area contributed by atoms with Gasteiger partial charge in [0.05, 0.1) is 7.11 Å². The molecule has 1 aromatic heterocycles. The minimum absolute atomic E-state index is 0.112. The fourth-order valence-corrected chi connectivity index (χ4v) is 2.00. The molecule has 1 atom stereocenters. The Hall–Kier alpha value is -2.22. The third kappa shape index (κ3) is 4.38. The maximum atomic E-state index is 10.7. The Morgan fingerprint density at radius 2 is 2.00 bits per heavy atom. The number of aliphatic carboxylic acids is 1. The lowest BCUT2D eigenvalue weighted by atomic mass is 10.3. The summed E-state index contributed by atoms with van der Waals surface area (Å²) in [6, 6.07) is 7.08. The van der Waals surface area contributed by atoms with Gasteiger partial charge in [-0.3, -0.25) is 4.79 Å². The number of hydrogen-bond donors (Lipinski definition) is 1. The van der Waals surface area contributed by atoms with E-state index in [2.05, 4.69) is 10.2 Å². The summed E-state index contributed by atoms with van der Waals surface area (Å²) in [5.41, 5.74) is 0. The zero-order chi connectivity index (χ0) is 15.2. The van der Waals surface area contributed by atoms with Crippen LogP contribution in [-0.4, -0.2) is 33.6 Å². The quantitative estimate of drug-likeness (QED) is 0.778. The van der Waals surface area contributed by atoms with Gasteiger partial charge >= 0.3 is 5.97 Å². The lowest BCUT2D eigenvalue weighted by Crippen LogP contribution is -2.10. The molecule has 21 heavy (non-hydrogen) atoms. The highest BCUT2D eigenvalue weighted by Crippen LogP contribution is 2.22. The first-order chi connectivity index (χ1) is 10.1. The predicted molar refractivity (Wildman–Crippen MR) is 74.6 cm³/mol. The van der Waals surface area contributed by atoms with Crippen LogP contribution in [0.15, 0.2) is 33.9 Å². The fraction of sp³-hybridized carbons (Fsp3) is 0.308. The number of carboxylic acids is 1. The molecule has 0 fully saturated rings. The number of ether oxygens (including phenoxy) is 2. The number of rotatable bonds is 7. The second kappa shape index (κ2) is 6.98. The molecule has 0 amide bonds. The van der Waals surface area contributed by atoms with E-state index < -0.39 is 11.2 Å². The van der Waals surface area contributed by atoms with Crippen molar-refractivity contribution < 1.29 is 23.8 Å². The van der Waals surface area contributed by atoms with Gasteiger partial charge in [0, 0.05) is 0 Å². The number of nitrogens with zero attached hydrogens (tertiary/aromatic N) is 2. The van der Waals surface area contributed by atoms with Crippen molar-refractivity contribution in [2.45, 2.75) is 24.0 Å². The second-order valence-electron chi connectivity index (χ2n) is 4.02. The highest BCUT2D eigenvalue weighted by molar-refractivity contribution is 8.00. The lowest BCUT2D eigenvalue weighted by Gasteiger charge is -2.04. The van der Waals surface area contributed by atoms with Gasteiger partial charge in [-0.1, -0.05) is 11.8 Å². The summed E-state index contributed by atoms with van der Waals surface area (Å²) in [6.07, 6.45) is 0. The molecule has 1 unspecified atom stereocenters. The Morgan fingerprint density at radius 3 is 2.62 bits per heavy atom. The van der Waals surface area contributed by atoms with Gasteiger partial charge in [-0.05, 0) is 31.2 Å². The minimum atomic E-state index is -0.936. The number of carbonyl (C=O) groups is 1. The van der Waals surface area contributed by atoms with Gasteiger partial charge in [0.2, 0.25) is 0 Å². The van der Waals surface area contributed by atoms with E-state index >= 15 is 0 Å². The summed E-state index contributed by atoms with van der Waals surface area (Å²) in [5, 5.41) is 15.9. The van der Waals surface area contributed by atoms with E-state index in [1.54, 1.807) is 38.3 Å². The van der Waals surface area contributed by atoms with Gasteiger partial charge in [0.15, 0.2) is 6.61 Å². The molecule has 0 aliphatic carbocycles. The van der Waals surface area contributed by atoms with E-state index in [0.717, 1.165) is 17.5 Å². The number of methoxy groups -OCH3 is 1.